The molecule has 0 aliphatic heterocycles. The van der Waals surface area contributed by atoms with Gasteiger partial charge in [-0.2, -0.15) is 0 Å². The normalized spacial score (nSPS) is 10.6. The maximum Gasteiger partial charge on any atom is 0.293 e. The van der Waals surface area contributed by atoms with E-state index in [0.29, 0.717) is 19.3 Å². The largest absolute Gasteiger partial charge is 0.444 e. The van der Waals surface area contributed by atoms with Gasteiger partial charge in [0.05, 0.1) is 11.4 Å². The van der Waals surface area contributed by atoms with E-state index in [1.54, 1.807) is 12.1 Å². The first kappa shape index (κ1) is 18.0. The zero-order valence-corrected chi connectivity index (χ0v) is 16.6. The van der Waals surface area contributed by atoms with Crippen LogP contribution in [0.3, 0.4) is 0 Å². The van der Waals surface area contributed by atoms with E-state index in [2.05, 4.69) is 41.7 Å². The molecule has 25 heavy (non-hydrogen) atoms. The molecule has 0 radical (unpaired) electrons. The number of thioether (sulfide) groups is 1. The molecule has 0 unspecified atom stereocenters. The van der Waals surface area contributed by atoms with Crippen molar-refractivity contribution < 1.29 is 14.0 Å². The third-order valence-corrected chi connectivity index (χ3v) is 5.89. The van der Waals surface area contributed by atoms with Crippen LogP contribution in [0.5, 0.6) is 0 Å². The first-order chi connectivity index (χ1) is 12.0. The van der Waals surface area contributed by atoms with Crippen molar-refractivity contribution in [3.63, 3.8) is 0 Å². The number of anilines is 2. The highest BCUT2D eigenvalue weighted by atomic mass is 79.9. The smallest absolute Gasteiger partial charge is 0.293 e. The average Bonchev–Trinajstić information content (AvgIpc) is 3.28. The van der Waals surface area contributed by atoms with E-state index in [1.807, 2.05) is 12.3 Å². The first-order valence-electron chi connectivity index (χ1n) is 6.74. The summed E-state index contributed by atoms with van der Waals surface area (Å²) >= 11 is 6.91. The molecule has 0 bridgehead atoms. The lowest BCUT2D eigenvalue weighted by Crippen LogP contribution is -2.13. The fourth-order valence-electron chi connectivity index (χ4n) is 1.61. The molecule has 2 N–H and O–H groups in total. The number of aryl methyl sites for hydroxylation is 1. The number of amides is 2. The zero-order valence-electron chi connectivity index (χ0n) is 12.6. The molecule has 0 aliphatic rings. The van der Waals surface area contributed by atoms with E-state index in [4.69, 9.17) is 4.42 Å². The van der Waals surface area contributed by atoms with E-state index in [1.165, 1.54) is 34.4 Å². The van der Waals surface area contributed by atoms with Crippen LogP contribution in [-0.4, -0.2) is 32.7 Å². The lowest BCUT2D eigenvalue weighted by Gasteiger charge is -1.99. The van der Waals surface area contributed by atoms with Crippen molar-refractivity contribution >= 4 is 72.4 Å². The summed E-state index contributed by atoms with van der Waals surface area (Å²) in [5.74, 6) is -0.267. The van der Waals surface area contributed by atoms with Gasteiger partial charge in [-0.1, -0.05) is 23.1 Å². The molecule has 3 aromatic rings. The number of rotatable bonds is 6. The van der Waals surface area contributed by atoms with Crippen molar-refractivity contribution in [3.05, 3.63) is 33.6 Å². The summed E-state index contributed by atoms with van der Waals surface area (Å²) in [7, 11) is 0. The van der Waals surface area contributed by atoms with Crippen molar-refractivity contribution in [2.45, 2.75) is 11.3 Å². The number of hydrogen-bond donors (Lipinski definition) is 2. The lowest BCUT2D eigenvalue weighted by molar-refractivity contribution is -0.113. The average molecular weight is 460 g/mol. The fourth-order valence-corrected chi connectivity index (χ4v) is 4.17. The Hall–Kier alpha value is -1.76. The van der Waals surface area contributed by atoms with Crippen LogP contribution in [0, 0.1) is 6.92 Å². The highest BCUT2D eigenvalue weighted by Crippen LogP contribution is 2.26. The van der Waals surface area contributed by atoms with Gasteiger partial charge in [-0.3, -0.25) is 14.9 Å². The zero-order chi connectivity index (χ0) is 17.8. The van der Waals surface area contributed by atoms with Crippen LogP contribution in [0.1, 0.15) is 16.2 Å². The maximum atomic E-state index is 11.9. The number of thiazole rings is 1. The summed E-state index contributed by atoms with van der Waals surface area (Å²) in [6.45, 7) is 1.86. The third kappa shape index (κ3) is 5.11. The Bertz CT molecular complexity index is 906. The number of carbonyl (C=O) groups is 2. The Morgan fingerprint density at radius 2 is 2.12 bits per heavy atom. The minimum Gasteiger partial charge on any atom is -0.444 e. The second-order valence-corrected chi connectivity index (χ2v) is 8.40. The van der Waals surface area contributed by atoms with Gasteiger partial charge in [0.25, 0.3) is 5.91 Å². The monoisotopic (exact) mass is 459 g/mol. The summed E-state index contributed by atoms with van der Waals surface area (Å²) in [5.41, 5.74) is 0.862. The van der Waals surface area contributed by atoms with Gasteiger partial charge in [0, 0.05) is 5.38 Å². The van der Waals surface area contributed by atoms with E-state index >= 15 is 0 Å². The molecule has 0 saturated heterocycles. The van der Waals surface area contributed by atoms with Gasteiger partial charge in [-0.05, 0) is 35.0 Å². The third-order valence-electron chi connectivity index (χ3n) is 2.62. The van der Waals surface area contributed by atoms with Gasteiger partial charge >= 0.3 is 0 Å². The molecule has 3 heterocycles. The molecule has 0 atom stereocenters. The van der Waals surface area contributed by atoms with Crippen LogP contribution >= 0.6 is 50.4 Å². The van der Waals surface area contributed by atoms with Crippen LogP contribution in [0.15, 0.2) is 30.9 Å². The summed E-state index contributed by atoms with van der Waals surface area (Å²) in [5, 5.41) is 15.9. The molecule has 2 amide bonds. The highest BCUT2D eigenvalue weighted by molar-refractivity contribution is 9.10. The molecule has 3 rings (SSSR count). The molecule has 3 aromatic heterocycles. The number of halogens is 1. The maximum absolute atomic E-state index is 11.9. The van der Waals surface area contributed by atoms with Gasteiger partial charge in [0.15, 0.2) is 19.9 Å². The minimum absolute atomic E-state index is 0.161. The topological polar surface area (TPSA) is 110 Å². The molecule has 0 aliphatic carbocycles. The molecule has 0 saturated carbocycles. The Morgan fingerprint density at radius 3 is 2.80 bits per heavy atom. The molecule has 130 valence electrons. The summed E-state index contributed by atoms with van der Waals surface area (Å²) in [4.78, 5) is 28.0. The second kappa shape index (κ2) is 8.08. The van der Waals surface area contributed by atoms with Crippen LogP contribution in [-0.2, 0) is 4.79 Å². The standard InChI is InChI=1S/C13H10BrN5O3S3/c1-6-4-23-11(15-6)16-9(20)5-24-13-19-18-12(25-13)17-10(21)7-2-3-8(14)22-7/h2-4H,5H2,1H3,(H,15,16,20)(H,17,18,21). The van der Waals surface area contributed by atoms with Crippen LogP contribution < -0.4 is 10.6 Å². The Kier molecular flexibility index (Phi) is 5.83. The number of nitrogens with one attached hydrogen (secondary N) is 2. The molecular weight excluding hydrogens is 450 g/mol. The first-order valence-corrected chi connectivity index (χ1v) is 10.2. The SMILES string of the molecule is Cc1csc(NC(=O)CSc2nnc(NC(=O)c3ccc(Br)o3)s2)n1. The number of nitrogens with zero attached hydrogens (tertiary/aromatic N) is 3. The summed E-state index contributed by atoms with van der Waals surface area (Å²) < 4.78 is 6.20. The van der Waals surface area contributed by atoms with Crippen LogP contribution in [0.25, 0.3) is 0 Å². The molecular formula is C13H10BrN5O3S3. The van der Waals surface area contributed by atoms with Crippen molar-refractivity contribution in [3.8, 4) is 0 Å². The van der Waals surface area contributed by atoms with Gasteiger partial charge in [-0.25, -0.2) is 4.98 Å². The van der Waals surface area contributed by atoms with E-state index in [0.717, 1.165) is 5.69 Å². The molecule has 0 aromatic carbocycles. The quantitative estimate of drug-likeness (QED) is 0.427. The molecule has 8 nitrogen and oxygen atoms in total. The minimum atomic E-state index is -0.421. The second-order valence-electron chi connectivity index (χ2n) is 4.56. The lowest BCUT2D eigenvalue weighted by atomic mass is 10.4. The molecule has 0 fully saturated rings. The van der Waals surface area contributed by atoms with Gasteiger partial charge < -0.3 is 9.73 Å². The van der Waals surface area contributed by atoms with Crippen molar-refractivity contribution in [1.29, 1.82) is 0 Å². The Balaban J connectivity index is 1.49. The predicted octanol–water partition coefficient (Wildman–Crippen LogP) is 3.64. The van der Waals surface area contributed by atoms with Crippen LogP contribution in [0.2, 0.25) is 0 Å². The summed E-state index contributed by atoms with van der Waals surface area (Å²) in [6.07, 6.45) is 0. The number of carbonyl (C=O) groups excluding carboxylic acids is 2. The molecule has 12 heteroatoms. The van der Waals surface area contributed by atoms with E-state index in [9.17, 15) is 9.59 Å². The van der Waals surface area contributed by atoms with Crippen molar-refractivity contribution in [2.75, 3.05) is 16.4 Å². The predicted molar refractivity (Wildman–Crippen MR) is 100 cm³/mol. The van der Waals surface area contributed by atoms with E-state index in [-0.39, 0.29) is 17.4 Å². The van der Waals surface area contributed by atoms with Crippen molar-refractivity contribution in [1.82, 2.24) is 15.2 Å². The fraction of sp³-hybridized carbons (Fsp3) is 0.154. The molecule has 0 spiro atoms. The van der Waals surface area contributed by atoms with Gasteiger partial charge in [0.1, 0.15) is 0 Å². The highest BCUT2D eigenvalue weighted by Gasteiger charge is 2.14. The van der Waals surface area contributed by atoms with Crippen LogP contribution in [0.4, 0.5) is 10.3 Å². The number of hydrogen-bond acceptors (Lipinski definition) is 9. The summed E-state index contributed by atoms with van der Waals surface area (Å²) in [6, 6.07) is 3.17. The van der Waals surface area contributed by atoms with E-state index < -0.39 is 5.91 Å². The number of aromatic nitrogens is 3. The Morgan fingerprint density at radius 1 is 1.28 bits per heavy atom. The Labute approximate surface area is 162 Å². The van der Waals surface area contributed by atoms with Gasteiger partial charge in [-0.15, -0.1) is 21.5 Å². The number of furan rings is 1. The van der Waals surface area contributed by atoms with Gasteiger partial charge in [0.2, 0.25) is 11.0 Å². The van der Waals surface area contributed by atoms with Crippen molar-refractivity contribution in [2.24, 2.45) is 0 Å².